The summed E-state index contributed by atoms with van der Waals surface area (Å²) in [5.74, 6) is 1.26. The number of aryl methyl sites for hydroxylation is 2. The minimum atomic E-state index is 0.551. The van der Waals surface area contributed by atoms with Crippen molar-refractivity contribution in [3.63, 3.8) is 0 Å². The standard InChI is InChI=1S/C13H19NS/c1-9-6-7-10(2)13-12(9)11(14-3)5-4-8-15-13/h6-7,11,14H,4-5,8H2,1-3H3. The summed E-state index contributed by atoms with van der Waals surface area (Å²) in [4.78, 5) is 1.52. The van der Waals surface area contributed by atoms with E-state index >= 15 is 0 Å². The molecule has 0 aliphatic carbocycles. The van der Waals surface area contributed by atoms with E-state index in [4.69, 9.17) is 0 Å². The highest BCUT2D eigenvalue weighted by Crippen LogP contribution is 2.38. The largest absolute Gasteiger partial charge is 0.313 e. The van der Waals surface area contributed by atoms with Crippen LogP contribution in [0.1, 0.15) is 35.6 Å². The minimum Gasteiger partial charge on any atom is -0.313 e. The van der Waals surface area contributed by atoms with E-state index in [2.05, 4.69) is 38.3 Å². The Hall–Kier alpha value is -0.470. The summed E-state index contributed by atoms with van der Waals surface area (Å²) in [5.41, 5.74) is 4.41. The van der Waals surface area contributed by atoms with E-state index in [-0.39, 0.29) is 0 Å². The maximum Gasteiger partial charge on any atom is 0.0331 e. The number of benzene rings is 1. The molecule has 0 fully saturated rings. The molecule has 2 heteroatoms. The van der Waals surface area contributed by atoms with Gasteiger partial charge >= 0.3 is 0 Å². The molecule has 1 aliphatic heterocycles. The van der Waals surface area contributed by atoms with Crippen LogP contribution in [0.2, 0.25) is 0 Å². The molecule has 1 aliphatic rings. The van der Waals surface area contributed by atoms with Crippen LogP contribution in [0.3, 0.4) is 0 Å². The summed E-state index contributed by atoms with van der Waals surface area (Å²) >= 11 is 2.03. The fourth-order valence-corrected chi connectivity index (χ4v) is 3.60. The molecule has 1 nitrogen and oxygen atoms in total. The van der Waals surface area contributed by atoms with Crippen molar-refractivity contribution in [2.45, 2.75) is 37.6 Å². The molecule has 82 valence electrons. The highest BCUT2D eigenvalue weighted by molar-refractivity contribution is 7.99. The van der Waals surface area contributed by atoms with E-state index in [0.29, 0.717) is 6.04 Å². The third-order valence-corrected chi connectivity index (χ3v) is 4.51. The lowest BCUT2D eigenvalue weighted by Gasteiger charge is -2.20. The lowest BCUT2D eigenvalue weighted by molar-refractivity contribution is 0.538. The van der Waals surface area contributed by atoms with Gasteiger partial charge in [0.15, 0.2) is 0 Å². The third-order valence-electron chi connectivity index (χ3n) is 3.19. The van der Waals surface area contributed by atoms with E-state index in [9.17, 15) is 0 Å². The molecule has 0 saturated carbocycles. The Labute approximate surface area is 96.7 Å². The van der Waals surface area contributed by atoms with Crippen molar-refractivity contribution in [1.29, 1.82) is 0 Å². The Kier molecular flexibility index (Phi) is 3.37. The fourth-order valence-electron chi connectivity index (χ4n) is 2.33. The van der Waals surface area contributed by atoms with Crippen LogP contribution in [0.15, 0.2) is 17.0 Å². The molecule has 15 heavy (non-hydrogen) atoms. The molecule has 0 saturated heterocycles. The summed E-state index contributed by atoms with van der Waals surface area (Å²) in [6.45, 7) is 4.46. The molecular formula is C13H19NS. The van der Waals surface area contributed by atoms with Crippen LogP contribution in [-0.4, -0.2) is 12.8 Å². The normalized spacial score (nSPS) is 20.9. The number of rotatable bonds is 1. The molecule has 0 bridgehead atoms. The molecule has 0 radical (unpaired) electrons. The number of hydrogen-bond donors (Lipinski definition) is 1. The predicted octanol–water partition coefficient (Wildman–Crippen LogP) is 3.45. The Balaban J connectivity index is 2.54. The molecule has 1 unspecified atom stereocenters. The van der Waals surface area contributed by atoms with Crippen LogP contribution in [0.25, 0.3) is 0 Å². The van der Waals surface area contributed by atoms with Gasteiger partial charge in [-0.3, -0.25) is 0 Å². The Morgan fingerprint density at radius 2 is 2.00 bits per heavy atom. The van der Waals surface area contributed by atoms with Crippen molar-refractivity contribution in [3.05, 3.63) is 28.8 Å². The van der Waals surface area contributed by atoms with Crippen molar-refractivity contribution in [1.82, 2.24) is 5.32 Å². The van der Waals surface area contributed by atoms with Crippen molar-refractivity contribution >= 4 is 11.8 Å². The average molecular weight is 221 g/mol. The zero-order chi connectivity index (χ0) is 10.8. The van der Waals surface area contributed by atoms with E-state index < -0.39 is 0 Å². The first kappa shape index (κ1) is 11.0. The van der Waals surface area contributed by atoms with E-state index in [1.807, 2.05) is 11.8 Å². The second-order valence-corrected chi connectivity index (χ2v) is 5.38. The summed E-state index contributed by atoms with van der Waals surface area (Å²) in [6, 6.07) is 5.05. The molecule has 0 aromatic heterocycles. The van der Waals surface area contributed by atoms with Crippen LogP contribution in [0.5, 0.6) is 0 Å². The molecule has 0 amide bonds. The van der Waals surface area contributed by atoms with Gasteiger partial charge in [0, 0.05) is 10.9 Å². The van der Waals surface area contributed by atoms with Gasteiger partial charge in [0.25, 0.3) is 0 Å². The van der Waals surface area contributed by atoms with Crippen LogP contribution in [0.4, 0.5) is 0 Å². The van der Waals surface area contributed by atoms with Crippen molar-refractivity contribution in [2.75, 3.05) is 12.8 Å². The monoisotopic (exact) mass is 221 g/mol. The summed E-state index contributed by atoms with van der Waals surface area (Å²) in [7, 11) is 2.08. The quantitative estimate of drug-likeness (QED) is 0.779. The summed E-state index contributed by atoms with van der Waals surface area (Å²) in [5, 5.41) is 3.45. The van der Waals surface area contributed by atoms with Crippen molar-refractivity contribution in [3.8, 4) is 0 Å². The molecule has 2 rings (SSSR count). The van der Waals surface area contributed by atoms with E-state index in [0.717, 1.165) is 0 Å². The molecule has 1 heterocycles. The Bertz CT molecular complexity index is 360. The third kappa shape index (κ3) is 2.06. The van der Waals surface area contributed by atoms with Crippen LogP contribution < -0.4 is 5.32 Å². The number of hydrogen-bond acceptors (Lipinski definition) is 2. The van der Waals surface area contributed by atoms with Gasteiger partial charge in [0.1, 0.15) is 0 Å². The molecule has 1 aromatic carbocycles. The molecular weight excluding hydrogens is 202 g/mol. The topological polar surface area (TPSA) is 12.0 Å². The number of nitrogens with one attached hydrogen (secondary N) is 1. The Morgan fingerprint density at radius 1 is 1.27 bits per heavy atom. The molecule has 0 spiro atoms. The number of fused-ring (bicyclic) bond motifs is 1. The fraction of sp³-hybridized carbons (Fsp3) is 0.538. The molecule has 1 N–H and O–H groups in total. The van der Waals surface area contributed by atoms with E-state index in [1.54, 1.807) is 5.56 Å². The zero-order valence-electron chi connectivity index (χ0n) is 9.76. The maximum atomic E-state index is 3.45. The smallest absolute Gasteiger partial charge is 0.0331 e. The zero-order valence-corrected chi connectivity index (χ0v) is 10.6. The maximum absolute atomic E-state index is 3.45. The second kappa shape index (κ2) is 4.58. The van der Waals surface area contributed by atoms with Crippen LogP contribution >= 0.6 is 11.8 Å². The van der Waals surface area contributed by atoms with Gasteiger partial charge in [-0.2, -0.15) is 0 Å². The van der Waals surface area contributed by atoms with Gasteiger partial charge in [-0.15, -0.1) is 11.8 Å². The van der Waals surface area contributed by atoms with Gasteiger partial charge in [0.2, 0.25) is 0 Å². The van der Waals surface area contributed by atoms with Crippen molar-refractivity contribution in [2.24, 2.45) is 0 Å². The van der Waals surface area contributed by atoms with Gasteiger partial charge < -0.3 is 5.32 Å². The Morgan fingerprint density at radius 3 is 2.73 bits per heavy atom. The van der Waals surface area contributed by atoms with Crippen LogP contribution in [-0.2, 0) is 0 Å². The first-order valence-corrected chi connectivity index (χ1v) is 6.62. The van der Waals surface area contributed by atoms with Crippen molar-refractivity contribution < 1.29 is 0 Å². The predicted molar refractivity (Wildman–Crippen MR) is 67.7 cm³/mol. The second-order valence-electron chi connectivity index (χ2n) is 4.27. The van der Waals surface area contributed by atoms with Gasteiger partial charge in [-0.05, 0) is 56.2 Å². The minimum absolute atomic E-state index is 0.551. The van der Waals surface area contributed by atoms with Gasteiger partial charge in [-0.25, -0.2) is 0 Å². The molecule has 1 atom stereocenters. The highest BCUT2D eigenvalue weighted by Gasteiger charge is 2.20. The van der Waals surface area contributed by atoms with Gasteiger partial charge in [-0.1, -0.05) is 12.1 Å². The van der Waals surface area contributed by atoms with E-state index in [1.165, 1.54) is 34.6 Å². The average Bonchev–Trinajstić information content (AvgIpc) is 2.46. The summed E-state index contributed by atoms with van der Waals surface area (Å²) < 4.78 is 0. The first-order valence-electron chi connectivity index (χ1n) is 5.64. The lowest BCUT2D eigenvalue weighted by atomic mass is 9.96. The summed E-state index contributed by atoms with van der Waals surface area (Å²) in [6.07, 6.45) is 2.57. The number of thioether (sulfide) groups is 1. The highest BCUT2D eigenvalue weighted by atomic mass is 32.2. The molecule has 1 aromatic rings. The van der Waals surface area contributed by atoms with Crippen LogP contribution in [0, 0.1) is 13.8 Å². The first-order chi connectivity index (χ1) is 7.24. The lowest BCUT2D eigenvalue weighted by Crippen LogP contribution is -2.17. The van der Waals surface area contributed by atoms with Gasteiger partial charge in [0.05, 0.1) is 0 Å². The SMILES string of the molecule is CNC1CCCSc2c(C)ccc(C)c21.